The Balaban J connectivity index is 1.89. The summed E-state index contributed by atoms with van der Waals surface area (Å²) in [5, 5.41) is 0. The fourth-order valence-corrected chi connectivity index (χ4v) is 2.99. The molecule has 1 N–H and O–H groups in total. The Kier molecular flexibility index (Phi) is 2.87. The highest BCUT2D eigenvalue weighted by Crippen LogP contribution is 2.26. The summed E-state index contributed by atoms with van der Waals surface area (Å²) in [4.78, 5) is 4.32. The van der Waals surface area contributed by atoms with Crippen LogP contribution in [0.25, 0.3) is 0 Å². The molecule has 0 bridgehead atoms. The molecule has 1 aliphatic rings. The van der Waals surface area contributed by atoms with Crippen LogP contribution < -0.4 is 9.46 Å². The largest absolute Gasteiger partial charge is 0.477 e. The molecule has 0 fully saturated rings. The molecular formula is C13H12N2O3S. The average molecular weight is 276 g/mol. The van der Waals surface area contributed by atoms with Gasteiger partial charge in [0, 0.05) is 12.0 Å². The number of benzene rings is 1. The Labute approximate surface area is 111 Å². The quantitative estimate of drug-likeness (QED) is 0.928. The fourth-order valence-electron chi connectivity index (χ4n) is 1.93. The molecule has 2 heterocycles. The molecule has 0 saturated heterocycles. The number of sulfonamides is 1. The number of anilines is 1. The molecule has 1 aliphatic heterocycles. The predicted molar refractivity (Wildman–Crippen MR) is 70.7 cm³/mol. The number of fused-ring (bicyclic) bond motifs is 1. The smallest absolute Gasteiger partial charge is 0.261 e. The third-order valence-corrected chi connectivity index (χ3v) is 4.24. The highest BCUT2D eigenvalue weighted by Gasteiger charge is 2.17. The molecule has 19 heavy (non-hydrogen) atoms. The van der Waals surface area contributed by atoms with Gasteiger partial charge in [0.05, 0.1) is 23.4 Å². The van der Waals surface area contributed by atoms with Gasteiger partial charge in [-0.1, -0.05) is 18.2 Å². The Morgan fingerprint density at radius 3 is 2.79 bits per heavy atom. The molecule has 5 nitrogen and oxygen atoms in total. The number of pyridine rings is 1. The number of hydrogen-bond acceptors (Lipinski definition) is 4. The van der Waals surface area contributed by atoms with E-state index >= 15 is 0 Å². The normalized spacial score (nSPS) is 13.7. The molecule has 2 aromatic rings. The molecule has 98 valence electrons. The fraction of sp³-hybridized carbons (Fsp3) is 0.154. The van der Waals surface area contributed by atoms with Crippen LogP contribution in [0.1, 0.15) is 5.56 Å². The second-order valence-corrected chi connectivity index (χ2v) is 5.89. The molecule has 6 heteroatoms. The summed E-state index contributed by atoms with van der Waals surface area (Å²) < 4.78 is 32.1. The summed E-state index contributed by atoms with van der Waals surface area (Å²) in [6.07, 6.45) is 2.22. The Bertz CT molecular complexity index is 699. The van der Waals surface area contributed by atoms with Gasteiger partial charge in [-0.2, -0.15) is 0 Å². The first-order valence-corrected chi connectivity index (χ1v) is 7.33. The molecule has 3 rings (SSSR count). The summed E-state index contributed by atoms with van der Waals surface area (Å²) in [6.45, 7) is 0.594. The van der Waals surface area contributed by atoms with Gasteiger partial charge in [0.25, 0.3) is 10.0 Å². The minimum Gasteiger partial charge on any atom is -0.477 e. The van der Waals surface area contributed by atoms with E-state index in [2.05, 4.69) is 9.71 Å². The number of nitrogens with one attached hydrogen (secondary N) is 1. The van der Waals surface area contributed by atoms with Gasteiger partial charge in [0.15, 0.2) is 0 Å². The summed E-state index contributed by atoms with van der Waals surface area (Å²) in [6, 6.07) is 9.99. The van der Waals surface area contributed by atoms with E-state index < -0.39 is 10.0 Å². The van der Waals surface area contributed by atoms with Crippen LogP contribution in [-0.4, -0.2) is 20.0 Å². The summed E-state index contributed by atoms with van der Waals surface area (Å²) in [5.74, 6) is 0.586. The minimum atomic E-state index is -3.56. The van der Waals surface area contributed by atoms with Crippen LogP contribution in [0, 0.1) is 0 Å². The van der Waals surface area contributed by atoms with Crippen molar-refractivity contribution in [2.24, 2.45) is 0 Å². The molecule has 1 aromatic carbocycles. The van der Waals surface area contributed by atoms with E-state index in [1.807, 2.05) is 0 Å². The van der Waals surface area contributed by atoms with E-state index in [9.17, 15) is 8.42 Å². The average Bonchev–Trinajstić information content (AvgIpc) is 2.87. The van der Waals surface area contributed by atoms with E-state index in [1.54, 1.807) is 36.4 Å². The molecular weight excluding hydrogens is 264 g/mol. The van der Waals surface area contributed by atoms with E-state index in [0.29, 0.717) is 18.2 Å². The van der Waals surface area contributed by atoms with Crippen molar-refractivity contribution in [3.63, 3.8) is 0 Å². The van der Waals surface area contributed by atoms with Crippen molar-refractivity contribution in [2.75, 3.05) is 11.3 Å². The van der Waals surface area contributed by atoms with Crippen LogP contribution in [0.5, 0.6) is 5.88 Å². The highest BCUT2D eigenvalue weighted by atomic mass is 32.2. The van der Waals surface area contributed by atoms with Gasteiger partial charge in [-0.05, 0) is 18.2 Å². The van der Waals surface area contributed by atoms with Crippen LogP contribution in [0.4, 0.5) is 5.69 Å². The van der Waals surface area contributed by atoms with Gasteiger partial charge in [-0.25, -0.2) is 13.4 Å². The van der Waals surface area contributed by atoms with Gasteiger partial charge >= 0.3 is 0 Å². The maximum atomic E-state index is 12.1. The van der Waals surface area contributed by atoms with E-state index in [4.69, 9.17) is 4.74 Å². The molecule has 0 unspecified atom stereocenters. The lowest BCUT2D eigenvalue weighted by molar-refractivity contribution is 0.345. The van der Waals surface area contributed by atoms with Crippen molar-refractivity contribution < 1.29 is 13.2 Å². The zero-order valence-corrected chi connectivity index (χ0v) is 10.9. The van der Waals surface area contributed by atoms with Gasteiger partial charge in [-0.15, -0.1) is 0 Å². The molecule has 0 radical (unpaired) electrons. The van der Waals surface area contributed by atoms with E-state index in [0.717, 1.165) is 12.0 Å². The van der Waals surface area contributed by atoms with Crippen LogP contribution in [0.3, 0.4) is 0 Å². The lowest BCUT2D eigenvalue weighted by atomic mass is 10.2. The van der Waals surface area contributed by atoms with Crippen molar-refractivity contribution in [3.05, 3.63) is 48.2 Å². The van der Waals surface area contributed by atoms with Crippen molar-refractivity contribution in [2.45, 2.75) is 11.3 Å². The second kappa shape index (κ2) is 4.55. The third kappa shape index (κ3) is 2.39. The van der Waals surface area contributed by atoms with E-state index in [1.165, 1.54) is 6.20 Å². The minimum absolute atomic E-state index is 0.228. The van der Waals surface area contributed by atoms with Crippen LogP contribution in [0.2, 0.25) is 0 Å². The number of ether oxygens (including phenoxy) is 1. The third-order valence-electron chi connectivity index (χ3n) is 2.84. The molecule has 0 aliphatic carbocycles. The SMILES string of the molecule is O=S(=O)(Nc1cnc2c(c1)CCO2)c1ccccc1. The molecule has 0 amide bonds. The Morgan fingerprint density at radius 1 is 1.21 bits per heavy atom. The van der Waals surface area contributed by atoms with Crippen molar-refractivity contribution >= 4 is 15.7 Å². The lowest BCUT2D eigenvalue weighted by Crippen LogP contribution is -2.13. The van der Waals surface area contributed by atoms with Gasteiger partial charge in [-0.3, -0.25) is 4.72 Å². The summed E-state index contributed by atoms with van der Waals surface area (Å²) in [7, 11) is -3.56. The molecule has 0 saturated carbocycles. The predicted octanol–water partition coefficient (Wildman–Crippen LogP) is 1.82. The lowest BCUT2D eigenvalue weighted by Gasteiger charge is -2.08. The first-order chi connectivity index (χ1) is 9.15. The molecule has 0 spiro atoms. The maximum Gasteiger partial charge on any atom is 0.261 e. The highest BCUT2D eigenvalue weighted by molar-refractivity contribution is 7.92. The van der Waals surface area contributed by atoms with Crippen molar-refractivity contribution in [3.8, 4) is 5.88 Å². The summed E-state index contributed by atoms with van der Waals surface area (Å²) in [5.41, 5.74) is 1.38. The maximum absolute atomic E-state index is 12.1. The Morgan fingerprint density at radius 2 is 2.00 bits per heavy atom. The van der Waals surface area contributed by atoms with E-state index in [-0.39, 0.29) is 4.90 Å². The van der Waals surface area contributed by atoms with Crippen LogP contribution in [-0.2, 0) is 16.4 Å². The number of hydrogen-bond donors (Lipinski definition) is 1. The van der Waals surface area contributed by atoms with Crippen LogP contribution in [0.15, 0.2) is 47.5 Å². The van der Waals surface area contributed by atoms with Crippen molar-refractivity contribution in [1.29, 1.82) is 0 Å². The number of nitrogens with zero attached hydrogens (tertiary/aromatic N) is 1. The Hall–Kier alpha value is -2.08. The first-order valence-electron chi connectivity index (χ1n) is 5.85. The van der Waals surface area contributed by atoms with Gasteiger partial charge < -0.3 is 4.74 Å². The number of aromatic nitrogens is 1. The zero-order valence-electron chi connectivity index (χ0n) is 10.0. The molecule has 0 atom stereocenters. The summed E-state index contributed by atoms with van der Waals surface area (Å²) >= 11 is 0. The van der Waals surface area contributed by atoms with Crippen LogP contribution >= 0.6 is 0 Å². The van der Waals surface area contributed by atoms with Crippen molar-refractivity contribution in [1.82, 2.24) is 4.98 Å². The standard InChI is InChI=1S/C13H12N2O3S/c16-19(17,12-4-2-1-3-5-12)15-11-8-10-6-7-18-13(10)14-9-11/h1-5,8-9,15H,6-7H2. The number of rotatable bonds is 3. The second-order valence-electron chi connectivity index (χ2n) is 4.21. The van der Waals surface area contributed by atoms with Gasteiger partial charge in [0.2, 0.25) is 5.88 Å². The monoisotopic (exact) mass is 276 g/mol. The topological polar surface area (TPSA) is 68.3 Å². The molecule has 1 aromatic heterocycles. The van der Waals surface area contributed by atoms with Gasteiger partial charge in [0.1, 0.15) is 0 Å². The first kappa shape index (κ1) is 12.0. The zero-order chi connectivity index (χ0) is 13.3.